The second-order valence-electron chi connectivity index (χ2n) is 6.18. The van der Waals surface area contributed by atoms with E-state index in [1.807, 2.05) is 29.2 Å². The molecule has 24 heavy (non-hydrogen) atoms. The van der Waals surface area contributed by atoms with E-state index in [0.29, 0.717) is 17.9 Å². The Balaban J connectivity index is 1.71. The van der Waals surface area contributed by atoms with Crippen molar-refractivity contribution in [3.8, 4) is 5.75 Å². The van der Waals surface area contributed by atoms with Crippen LogP contribution in [0.4, 0.5) is 0 Å². The zero-order valence-corrected chi connectivity index (χ0v) is 14.0. The molecule has 0 bridgehead atoms. The van der Waals surface area contributed by atoms with Crippen LogP contribution in [-0.4, -0.2) is 29.0 Å². The number of rotatable bonds is 2. The lowest BCUT2D eigenvalue weighted by atomic mass is 10.0. The van der Waals surface area contributed by atoms with Gasteiger partial charge < -0.3 is 14.2 Å². The Kier molecular flexibility index (Phi) is 3.53. The van der Waals surface area contributed by atoms with Gasteiger partial charge in [0, 0.05) is 30.2 Å². The lowest BCUT2D eigenvalue weighted by Crippen LogP contribution is -2.36. The lowest BCUT2D eigenvalue weighted by molar-refractivity contribution is 0.0727. The minimum Gasteiger partial charge on any atom is -0.496 e. The number of amides is 1. The number of hydrogen-bond donors (Lipinski definition) is 0. The number of nitrogens with zero attached hydrogens (tertiary/aromatic N) is 2. The molecule has 0 N–H and O–H groups in total. The molecule has 0 aliphatic carbocycles. The monoisotopic (exact) mass is 320 g/mol. The first-order valence-electron chi connectivity index (χ1n) is 8.18. The molecule has 0 atom stereocenters. The number of hydrogen-bond acceptors (Lipinski definition) is 2. The molecule has 0 saturated heterocycles. The third kappa shape index (κ3) is 2.18. The van der Waals surface area contributed by atoms with Gasteiger partial charge in [0.25, 0.3) is 5.91 Å². The molecule has 4 heteroatoms. The van der Waals surface area contributed by atoms with Crippen molar-refractivity contribution in [1.29, 1.82) is 0 Å². The van der Waals surface area contributed by atoms with Crippen molar-refractivity contribution in [3.05, 3.63) is 65.4 Å². The molecular formula is C20H20N2O2. The van der Waals surface area contributed by atoms with E-state index in [9.17, 15) is 4.79 Å². The van der Waals surface area contributed by atoms with Gasteiger partial charge in [-0.2, -0.15) is 0 Å². The van der Waals surface area contributed by atoms with Gasteiger partial charge in [-0.3, -0.25) is 4.79 Å². The maximum absolute atomic E-state index is 13.0. The van der Waals surface area contributed by atoms with E-state index in [4.69, 9.17) is 4.74 Å². The highest BCUT2D eigenvalue weighted by atomic mass is 16.5. The molecule has 0 fully saturated rings. The van der Waals surface area contributed by atoms with Crippen LogP contribution in [0.2, 0.25) is 0 Å². The lowest BCUT2D eigenvalue weighted by Gasteiger charge is -2.28. The van der Waals surface area contributed by atoms with Crippen LogP contribution in [0.5, 0.6) is 5.75 Å². The van der Waals surface area contributed by atoms with E-state index < -0.39 is 0 Å². The molecule has 0 saturated carbocycles. The summed E-state index contributed by atoms with van der Waals surface area (Å²) < 4.78 is 7.56. The summed E-state index contributed by atoms with van der Waals surface area (Å²) in [5, 5.41) is 1.30. The van der Waals surface area contributed by atoms with Crippen molar-refractivity contribution in [2.75, 3.05) is 13.7 Å². The smallest absolute Gasteiger partial charge is 0.257 e. The highest BCUT2D eigenvalue weighted by Gasteiger charge is 2.27. The highest BCUT2D eigenvalue weighted by Crippen LogP contribution is 2.31. The summed E-state index contributed by atoms with van der Waals surface area (Å²) in [6.07, 6.45) is 0.886. The number of carbonyl (C=O) groups excluding carboxylic acids is 1. The van der Waals surface area contributed by atoms with E-state index >= 15 is 0 Å². The number of para-hydroxylation sites is 2. The molecular weight excluding hydrogens is 300 g/mol. The Bertz CT molecular complexity index is 927. The van der Waals surface area contributed by atoms with Crippen molar-refractivity contribution >= 4 is 16.8 Å². The average molecular weight is 320 g/mol. The summed E-state index contributed by atoms with van der Waals surface area (Å²) in [6.45, 7) is 1.37. The summed E-state index contributed by atoms with van der Waals surface area (Å²) in [6, 6.07) is 15.9. The normalized spacial score (nSPS) is 13.8. The molecule has 3 aromatic rings. The first-order valence-corrected chi connectivity index (χ1v) is 8.18. The fraction of sp³-hybridized carbons (Fsp3) is 0.250. The van der Waals surface area contributed by atoms with Gasteiger partial charge in [-0.1, -0.05) is 30.3 Å². The minimum atomic E-state index is 0.0309. The summed E-state index contributed by atoms with van der Waals surface area (Å²) >= 11 is 0. The van der Waals surface area contributed by atoms with Crippen molar-refractivity contribution in [2.45, 2.75) is 13.0 Å². The quantitative estimate of drug-likeness (QED) is 0.725. The number of ether oxygens (including phenoxy) is 1. The Labute approximate surface area is 141 Å². The van der Waals surface area contributed by atoms with Gasteiger partial charge >= 0.3 is 0 Å². The molecule has 1 aromatic heterocycles. The van der Waals surface area contributed by atoms with Gasteiger partial charge in [-0.15, -0.1) is 0 Å². The summed E-state index contributed by atoms with van der Waals surface area (Å²) in [5.74, 6) is 0.661. The molecule has 1 aliphatic heterocycles. The summed E-state index contributed by atoms with van der Waals surface area (Å²) in [5.41, 5.74) is 4.46. The van der Waals surface area contributed by atoms with Crippen LogP contribution < -0.4 is 4.74 Å². The highest BCUT2D eigenvalue weighted by molar-refractivity contribution is 5.97. The predicted molar refractivity (Wildman–Crippen MR) is 94.4 cm³/mol. The molecule has 0 unspecified atom stereocenters. The van der Waals surface area contributed by atoms with Crippen molar-refractivity contribution in [2.24, 2.45) is 7.05 Å². The van der Waals surface area contributed by atoms with E-state index in [-0.39, 0.29) is 5.91 Å². The maximum Gasteiger partial charge on any atom is 0.257 e. The van der Waals surface area contributed by atoms with Crippen LogP contribution in [0.3, 0.4) is 0 Å². The van der Waals surface area contributed by atoms with Gasteiger partial charge in [-0.05, 0) is 30.2 Å². The minimum absolute atomic E-state index is 0.0309. The molecule has 122 valence electrons. The standard InChI is InChI=1S/C20H20N2O2/c1-21-17-9-5-3-7-14(17)15-11-12-22(13-18(15)21)20(23)16-8-4-6-10-19(16)24-2/h3-10H,11-13H2,1-2H3. The average Bonchev–Trinajstić information content (AvgIpc) is 2.93. The zero-order valence-electron chi connectivity index (χ0n) is 14.0. The molecule has 0 spiro atoms. The van der Waals surface area contributed by atoms with Crippen molar-refractivity contribution in [3.63, 3.8) is 0 Å². The Morgan fingerprint density at radius 3 is 2.67 bits per heavy atom. The maximum atomic E-state index is 13.0. The number of aryl methyl sites for hydroxylation is 1. The van der Waals surface area contributed by atoms with Crippen molar-refractivity contribution < 1.29 is 9.53 Å². The number of methoxy groups -OCH3 is 1. The first-order chi connectivity index (χ1) is 11.7. The first kappa shape index (κ1) is 14.8. The number of carbonyl (C=O) groups is 1. The predicted octanol–water partition coefficient (Wildman–Crippen LogP) is 3.39. The number of aromatic nitrogens is 1. The number of fused-ring (bicyclic) bond motifs is 3. The van der Waals surface area contributed by atoms with E-state index in [1.54, 1.807) is 7.11 Å². The largest absolute Gasteiger partial charge is 0.496 e. The Morgan fingerprint density at radius 1 is 1.08 bits per heavy atom. The molecule has 1 aliphatic rings. The molecule has 1 amide bonds. The third-order valence-corrected chi connectivity index (χ3v) is 4.94. The second-order valence-corrected chi connectivity index (χ2v) is 6.18. The van der Waals surface area contributed by atoms with Gasteiger partial charge in [0.1, 0.15) is 5.75 Å². The van der Waals surface area contributed by atoms with Crippen LogP contribution in [0.25, 0.3) is 10.9 Å². The Morgan fingerprint density at radius 2 is 1.83 bits per heavy atom. The second kappa shape index (κ2) is 5.71. The molecule has 4 rings (SSSR count). The van der Waals surface area contributed by atoms with Crippen LogP contribution in [0.1, 0.15) is 21.6 Å². The van der Waals surface area contributed by atoms with Gasteiger partial charge in [-0.25, -0.2) is 0 Å². The van der Waals surface area contributed by atoms with Crippen LogP contribution in [0.15, 0.2) is 48.5 Å². The van der Waals surface area contributed by atoms with Gasteiger partial charge in [0.15, 0.2) is 0 Å². The molecule has 2 heterocycles. The van der Waals surface area contributed by atoms with Crippen molar-refractivity contribution in [1.82, 2.24) is 9.47 Å². The summed E-state index contributed by atoms with van der Waals surface area (Å²) in [4.78, 5) is 14.9. The van der Waals surface area contributed by atoms with Crippen LogP contribution in [0, 0.1) is 0 Å². The zero-order chi connectivity index (χ0) is 16.7. The van der Waals surface area contributed by atoms with E-state index in [0.717, 1.165) is 13.0 Å². The van der Waals surface area contributed by atoms with E-state index in [1.165, 1.54) is 22.2 Å². The third-order valence-electron chi connectivity index (χ3n) is 4.94. The van der Waals surface area contributed by atoms with Crippen LogP contribution >= 0.6 is 0 Å². The SMILES string of the molecule is COc1ccccc1C(=O)N1CCc2c(n(C)c3ccccc23)C1. The van der Waals surface area contributed by atoms with Gasteiger partial charge in [0.2, 0.25) is 0 Å². The number of benzene rings is 2. The Hall–Kier alpha value is -2.75. The van der Waals surface area contributed by atoms with E-state index in [2.05, 4.69) is 35.9 Å². The fourth-order valence-corrected chi connectivity index (χ4v) is 3.68. The topological polar surface area (TPSA) is 34.5 Å². The van der Waals surface area contributed by atoms with Gasteiger partial charge in [0.05, 0.1) is 19.2 Å². The molecule has 2 aromatic carbocycles. The fourth-order valence-electron chi connectivity index (χ4n) is 3.68. The molecule has 4 nitrogen and oxygen atoms in total. The van der Waals surface area contributed by atoms with Crippen LogP contribution in [-0.2, 0) is 20.0 Å². The molecule has 0 radical (unpaired) electrons. The summed E-state index contributed by atoms with van der Waals surface area (Å²) in [7, 11) is 3.68.